The van der Waals surface area contributed by atoms with Gasteiger partial charge in [-0.3, -0.25) is 4.79 Å². The first-order chi connectivity index (χ1) is 12.4. The summed E-state index contributed by atoms with van der Waals surface area (Å²) >= 11 is 0. The van der Waals surface area contributed by atoms with Crippen LogP contribution in [0.1, 0.15) is 27.8 Å². The molecular formula is C20H22N4O2. The highest BCUT2D eigenvalue weighted by Crippen LogP contribution is 2.21. The topological polar surface area (TPSA) is 94.0 Å². The molecule has 2 aromatic carbocycles. The van der Waals surface area contributed by atoms with Crippen molar-refractivity contribution in [3.05, 3.63) is 64.2 Å². The number of amides is 3. The summed E-state index contributed by atoms with van der Waals surface area (Å²) in [6.07, 6.45) is 0. The smallest absolute Gasteiger partial charge is 0.315 e. The maximum Gasteiger partial charge on any atom is 0.315 e. The van der Waals surface area contributed by atoms with E-state index in [-0.39, 0.29) is 12.5 Å². The first kappa shape index (κ1) is 19.0. The number of carbonyl (C=O) groups excluding carboxylic acids is 2. The van der Waals surface area contributed by atoms with Gasteiger partial charge in [0.1, 0.15) is 0 Å². The van der Waals surface area contributed by atoms with Crippen molar-refractivity contribution in [2.45, 2.75) is 27.3 Å². The predicted octanol–water partition coefficient (Wildman–Crippen LogP) is 2.92. The monoisotopic (exact) mass is 350 g/mol. The average Bonchev–Trinajstić information content (AvgIpc) is 2.61. The van der Waals surface area contributed by atoms with E-state index < -0.39 is 6.03 Å². The van der Waals surface area contributed by atoms with E-state index in [1.54, 1.807) is 24.3 Å². The average molecular weight is 350 g/mol. The number of benzene rings is 2. The van der Waals surface area contributed by atoms with E-state index in [1.165, 1.54) is 0 Å². The molecular weight excluding hydrogens is 328 g/mol. The Bertz CT molecular complexity index is 828. The third-order valence-corrected chi connectivity index (χ3v) is 3.89. The first-order valence-electron chi connectivity index (χ1n) is 8.27. The van der Waals surface area contributed by atoms with Gasteiger partial charge in [0.05, 0.1) is 18.2 Å². The minimum absolute atomic E-state index is 0.119. The van der Waals surface area contributed by atoms with Crippen molar-refractivity contribution < 1.29 is 9.59 Å². The van der Waals surface area contributed by atoms with Crippen molar-refractivity contribution in [3.63, 3.8) is 0 Å². The van der Waals surface area contributed by atoms with E-state index in [2.05, 4.69) is 16.0 Å². The molecule has 0 aliphatic carbocycles. The van der Waals surface area contributed by atoms with Gasteiger partial charge in [0.15, 0.2) is 0 Å². The fourth-order valence-corrected chi connectivity index (χ4v) is 2.66. The Balaban J connectivity index is 1.80. The summed E-state index contributed by atoms with van der Waals surface area (Å²) in [5, 5.41) is 16.8. The second-order valence-corrected chi connectivity index (χ2v) is 6.17. The van der Waals surface area contributed by atoms with E-state index in [1.807, 2.05) is 39.0 Å². The van der Waals surface area contributed by atoms with Crippen molar-refractivity contribution in [2.24, 2.45) is 0 Å². The number of nitriles is 1. The lowest BCUT2D eigenvalue weighted by molar-refractivity contribution is -0.115. The van der Waals surface area contributed by atoms with Crippen LogP contribution >= 0.6 is 0 Å². The molecule has 2 rings (SSSR count). The van der Waals surface area contributed by atoms with Gasteiger partial charge >= 0.3 is 6.03 Å². The van der Waals surface area contributed by atoms with Crippen molar-refractivity contribution in [1.29, 1.82) is 5.26 Å². The zero-order valence-electron chi connectivity index (χ0n) is 15.1. The molecule has 134 valence electrons. The normalized spacial score (nSPS) is 9.92. The van der Waals surface area contributed by atoms with Crippen LogP contribution in [-0.2, 0) is 11.3 Å². The molecule has 6 nitrogen and oxygen atoms in total. The summed E-state index contributed by atoms with van der Waals surface area (Å²) in [4.78, 5) is 23.9. The lowest BCUT2D eigenvalue weighted by Gasteiger charge is -2.13. The molecule has 3 amide bonds. The zero-order chi connectivity index (χ0) is 19.1. The first-order valence-corrected chi connectivity index (χ1v) is 8.27. The Labute approximate surface area is 153 Å². The molecule has 3 N–H and O–H groups in total. The second kappa shape index (κ2) is 8.67. The zero-order valence-corrected chi connectivity index (χ0v) is 15.1. The molecule has 0 saturated heterocycles. The number of hydrogen-bond donors (Lipinski definition) is 3. The SMILES string of the molecule is Cc1cc(C)c(NC(=O)CNC(=O)NCc2ccc(C#N)cc2)c(C)c1. The number of nitrogens with zero attached hydrogens (tertiary/aromatic N) is 1. The lowest BCUT2D eigenvalue weighted by Crippen LogP contribution is -2.39. The van der Waals surface area contributed by atoms with Crippen molar-refractivity contribution >= 4 is 17.6 Å². The Hall–Kier alpha value is -3.33. The van der Waals surface area contributed by atoms with Gasteiger partial charge in [-0.15, -0.1) is 0 Å². The van der Waals surface area contributed by atoms with Crippen LogP contribution in [0.4, 0.5) is 10.5 Å². The quantitative estimate of drug-likeness (QED) is 0.774. The van der Waals surface area contributed by atoms with E-state index in [0.717, 1.165) is 27.9 Å². The number of anilines is 1. The number of nitrogens with one attached hydrogen (secondary N) is 3. The van der Waals surface area contributed by atoms with Gasteiger partial charge in [-0.05, 0) is 49.6 Å². The van der Waals surface area contributed by atoms with E-state index in [9.17, 15) is 9.59 Å². The van der Waals surface area contributed by atoms with Crippen LogP contribution < -0.4 is 16.0 Å². The van der Waals surface area contributed by atoms with Gasteiger partial charge in [0.2, 0.25) is 5.91 Å². The van der Waals surface area contributed by atoms with Crippen LogP contribution in [0.3, 0.4) is 0 Å². The van der Waals surface area contributed by atoms with E-state index >= 15 is 0 Å². The van der Waals surface area contributed by atoms with Gasteiger partial charge < -0.3 is 16.0 Å². The third kappa shape index (κ3) is 5.35. The van der Waals surface area contributed by atoms with Crippen molar-refractivity contribution in [2.75, 3.05) is 11.9 Å². The molecule has 0 unspecified atom stereocenters. The molecule has 0 fully saturated rings. The number of hydrogen-bond acceptors (Lipinski definition) is 3. The highest BCUT2D eigenvalue weighted by molar-refractivity contribution is 5.95. The van der Waals surface area contributed by atoms with E-state index in [0.29, 0.717) is 12.1 Å². The van der Waals surface area contributed by atoms with Crippen LogP contribution in [0.5, 0.6) is 0 Å². The minimum atomic E-state index is -0.429. The fraction of sp³-hybridized carbons (Fsp3) is 0.250. The summed E-state index contributed by atoms with van der Waals surface area (Å²) in [5.74, 6) is -0.284. The molecule has 0 aliphatic heterocycles. The lowest BCUT2D eigenvalue weighted by atomic mass is 10.1. The summed E-state index contributed by atoms with van der Waals surface area (Å²) in [6.45, 7) is 6.08. The molecule has 0 heterocycles. The summed E-state index contributed by atoms with van der Waals surface area (Å²) in [5.41, 5.74) is 5.33. The Kier molecular flexibility index (Phi) is 6.34. The summed E-state index contributed by atoms with van der Waals surface area (Å²) in [7, 11) is 0. The molecule has 0 radical (unpaired) electrons. The molecule has 0 bridgehead atoms. The van der Waals surface area contributed by atoms with Gasteiger partial charge in [0.25, 0.3) is 0 Å². The molecule has 2 aromatic rings. The van der Waals surface area contributed by atoms with Crippen LogP contribution in [0.2, 0.25) is 0 Å². The minimum Gasteiger partial charge on any atom is -0.334 e. The maximum atomic E-state index is 12.1. The molecule has 6 heteroatoms. The Morgan fingerprint density at radius 3 is 2.19 bits per heavy atom. The molecule has 0 spiro atoms. The maximum absolute atomic E-state index is 12.1. The van der Waals surface area contributed by atoms with E-state index in [4.69, 9.17) is 5.26 Å². The molecule has 0 saturated carbocycles. The highest BCUT2D eigenvalue weighted by Gasteiger charge is 2.09. The largest absolute Gasteiger partial charge is 0.334 e. The summed E-state index contributed by atoms with van der Waals surface area (Å²) < 4.78 is 0. The Morgan fingerprint density at radius 1 is 1.00 bits per heavy atom. The molecule has 0 aliphatic rings. The highest BCUT2D eigenvalue weighted by atomic mass is 16.2. The van der Waals surface area contributed by atoms with Crippen molar-refractivity contribution in [1.82, 2.24) is 10.6 Å². The molecule has 0 atom stereocenters. The van der Waals surface area contributed by atoms with Crippen LogP contribution in [0.25, 0.3) is 0 Å². The van der Waals surface area contributed by atoms with Crippen molar-refractivity contribution in [3.8, 4) is 6.07 Å². The standard InChI is InChI=1S/C20H22N4O2/c1-13-8-14(2)19(15(3)9-13)24-18(25)12-23-20(26)22-11-17-6-4-16(10-21)5-7-17/h4-9H,11-12H2,1-3H3,(H,24,25)(H2,22,23,26). The molecule has 26 heavy (non-hydrogen) atoms. The number of carbonyl (C=O) groups is 2. The summed E-state index contributed by atoms with van der Waals surface area (Å²) in [6, 6.07) is 12.5. The van der Waals surface area contributed by atoms with Gasteiger partial charge in [-0.25, -0.2) is 4.79 Å². The number of aryl methyl sites for hydroxylation is 3. The third-order valence-electron chi connectivity index (χ3n) is 3.89. The van der Waals surface area contributed by atoms with Gasteiger partial charge in [0, 0.05) is 12.2 Å². The van der Waals surface area contributed by atoms with Crippen LogP contribution in [-0.4, -0.2) is 18.5 Å². The molecule has 0 aromatic heterocycles. The second-order valence-electron chi connectivity index (χ2n) is 6.17. The predicted molar refractivity (Wildman–Crippen MR) is 101 cm³/mol. The fourth-order valence-electron chi connectivity index (χ4n) is 2.66. The number of rotatable bonds is 5. The Morgan fingerprint density at radius 2 is 1.62 bits per heavy atom. The van der Waals surface area contributed by atoms with Crippen LogP contribution in [0, 0.1) is 32.1 Å². The number of urea groups is 1. The van der Waals surface area contributed by atoms with Crippen LogP contribution in [0.15, 0.2) is 36.4 Å². The van der Waals surface area contributed by atoms with Gasteiger partial charge in [-0.2, -0.15) is 5.26 Å². The van der Waals surface area contributed by atoms with Gasteiger partial charge in [-0.1, -0.05) is 29.8 Å².